The van der Waals surface area contributed by atoms with Gasteiger partial charge < -0.3 is 134 Å². The van der Waals surface area contributed by atoms with Crippen LogP contribution in [-0.2, 0) is 0 Å². The maximum atomic E-state index is 8.42. The average Bonchev–Trinajstić information content (AvgIpc) is 1.76. The van der Waals surface area contributed by atoms with Crippen LogP contribution in [0.15, 0.2) is 0 Å². The molecule has 0 unspecified atom stereocenters. The summed E-state index contributed by atoms with van der Waals surface area (Å²) >= 11 is 0. The Morgan fingerprint density at radius 3 is 0.179 bits per heavy atom. The molecule has 0 heterocycles. The number of hydrogen-bond acceptors (Lipinski definition) is 12. The number of quaternary nitrogens is 12. The Morgan fingerprint density at radius 1 is 0.179 bits per heavy atom. The molecule has 0 aromatic heterocycles. The van der Waals surface area contributed by atoms with Crippen molar-refractivity contribution in [2.75, 3.05) is 0 Å². The summed E-state index contributed by atoms with van der Waals surface area (Å²) in [5.74, 6) is 0. The molecule has 0 spiro atoms. The molecule has 0 aliphatic rings. The molecule has 0 saturated carbocycles. The molecule has 0 aliphatic carbocycles. The third-order valence-electron chi connectivity index (χ3n) is 0. The topological polar surface area (TPSA) is 715 Å². The molecular formula is H48B4N12O12. The normalized spacial score (nSPS) is 3.86. The van der Waals surface area contributed by atoms with Gasteiger partial charge in [-0.1, -0.05) is 0 Å². The second-order valence-corrected chi connectivity index (χ2v) is 1.15. The fourth-order valence-corrected chi connectivity index (χ4v) is 0. The van der Waals surface area contributed by atoms with Crippen molar-refractivity contribution in [2.45, 2.75) is 0 Å². The van der Waals surface area contributed by atoms with E-state index in [2.05, 4.69) is 0 Å². The summed E-state index contributed by atoms with van der Waals surface area (Å²) in [4.78, 5) is 0. The molecular weight excluding hydrogens is 403 g/mol. The lowest BCUT2D eigenvalue weighted by molar-refractivity contribution is -0.481. The van der Waals surface area contributed by atoms with Crippen molar-refractivity contribution < 1.29 is 60.3 Å². The lowest BCUT2D eigenvalue weighted by Crippen LogP contribution is -2.56. The summed E-state index contributed by atoms with van der Waals surface area (Å²) < 4.78 is 0. The highest BCUT2D eigenvalue weighted by atomic mass is 16.5. The van der Waals surface area contributed by atoms with Crippen LogP contribution in [0.4, 0.5) is 0 Å². The van der Waals surface area contributed by atoms with Crippen molar-refractivity contribution >= 4 is 29.3 Å². The maximum Gasteiger partial charge on any atom is -0.278 e. The SMILES string of the molecule is [NH4+].[NH4+].[NH4+].[NH4+].[NH4+].[NH4+].[NH4+].[NH4+].[NH4+].[NH4+].[NH4+].[NH4+].[O-]B([O-])[O-].[O-]B([O-])[O-].[O-]B([O-])[O-].[O-]B([O-])[O-]. The van der Waals surface area contributed by atoms with Crippen LogP contribution >= 0.6 is 0 Å². The standard InChI is InChI=1S/4BO3.12H3N/c4*2-1(3)4;;;;;;;;;;;;/h;;;;12*1H3/q4*-3;;;;;;;;;;;;/p+12. The Hall–Kier alpha value is -0.700. The van der Waals surface area contributed by atoms with Crippen molar-refractivity contribution in [3.63, 3.8) is 0 Å². The van der Waals surface area contributed by atoms with Gasteiger partial charge in [-0.25, -0.2) is 0 Å². The Labute approximate surface area is 164 Å². The van der Waals surface area contributed by atoms with Crippen LogP contribution in [0.25, 0.3) is 0 Å². The molecule has 0 amide bonds. The number of rotatable bonds is 0. The zero-order valence-corrected chi connectivity index (χ0v) is 19.2. The third kappa shape index (κ3) is 30500. The maximum absolute atomic E-state index is 8.42. The minimum atomic E-state index is -2.92. The summed E-state index contributed by atoms with van der Waals surface area (Å²) in [5, 5.41) is 101. The Balaban J connectivity index is -0.00000000429. The zero-order valence-electron chi connectivity index (χ0n) is 19.2. The molecule has 0 aromatic carbocycles. The van der Waals surface area contributed by atoms with E-state index in [1.807, 2.05) is 0 Å². The molecule has 0 rings (SSSR count). The van der Waals surface area contributed by atoms with E-state index in [1.54, 1.807) is 0 Å². The second-order valence-electron chi connectivity index (χ2n) is 1.15. The van der Waals surface area contributed by atoms with Gasteiger partial charge in [0.2, 0.25) is 0 Å². The minimum Gasteiger partial charge on any atom is -0.907 e. The first kappa shape index (κ1) is 148. The van der Waals surface area contributed by atoms with E-state index in [1.165, 1.54) is 0 Å². The summed E-state index contributed by atoms with van der Waals surface area (Å²) in [5.41, 5.74) is 0. The van der Waals surface area contributed by atoms with Gasteiger partial charge in [0, 0.05) is 0 Å². The van der Waals surface area contributed by atoms with Crippen LogP contribution in [0, 0.1) is 0 Å². The third-order valence-corrected chi connectivity index (χ3v) is 0. The van der Waals surface area contributed by atoms with E-state index in [-0.39, 0.29) is 73.8 Å². The zero-order chi connectivity index (χ0) is 14.3. The van der Waals surface area contributed by atoms with Crippen molar-refractivity contribution in [3.05, 3.63) is 0 Å². The Morgan fingerprint density at radius 2 is 0.179 bits per heavy atom. The molecule has 48 N–H and O–H groups in total. The van der Waals surface area contributed by atoms with Gasteiger partial charge in [0.05, 0.1) is 0 Å². The first-order valence-electron chi connectivity index (χ1n) is 2.83. The lowest BCUT2D eigenvalue weighted by Gasteiger charge is -2.35. The molecule has 0 bridgehead atoms. The smallest absolute Gasteiger partial charge is 0.278 e. The minimum absolute atomic E-state index is 0. The summed E-state index contributed by atoms with van der Waals surface area (Å²) in [6.07, 6.45) is 0. The van der Waals surface area contributed by atoms with Gasteiger partial charge in [-0.2, -0.15) is 0 Å². The van der Waals surface area contributed by atoms with Crippen LogP contribution in [0.1, 0.15) is 0 Å². The Kier molecular flexibility index (Phi) is 696. The number of hydrogen-bond donors (Lipinski definition) is 12. The second kappa shape index (κ2) is 132. The molecule has 0 aliphatic heterocycles. The van der Waals surface area contributed by atoms with Crippen LogP contribution in [0.2, 0.25) is 0 Å². The van der Waals surface area contributed by atoms with Gasteiger partial charge in [-0.05, 0) is 0 Å². The van der Waals surface area contributed by atoms with Crippen molar-refractivity contribution in [2.24, 2.45) is 0 Å². The molecule has 24 nitrogen and oxygen atoms in total. The molecule has 28 heteroatoms. The van der Waals surface area contributed by atoms with E-state index in [0.29, 0.717) is 0 Å². The van der Waals surface area contributed by atoms with Crippen LogP contribution < -0.4 is 134 Å². The first-order valence-corrected chi connectivity index (χ1v) is 2.83. The highest BCUT2D eigenvalue weighted by Gasteiger charge is 1.18. The molecule has 192 valence electrons. The van der Waals surface area contributed by atoms with E-state index >= 15 is 0 Å². The lowest BCUT2D eigenvalue weighted by atomic mass is 10.3. The summed E-state index contributed by atoms with van der Waals surface area (Å²) in [6.45, 7) is 0. The van der Waals surface area contributed by atoms with Crippen molar-refractivity contribution in [1.29, 1.82) is 0 Å². The van der Waals surface area contributed by atoms with Gasteiger partial charge in [0.25, 0.3) is 0 Å². The van der Waals surface area contributed by atoms with Gasteiger partial charge in [0.15, 0.2) is 0 Å². The largest absolute Gasteiger partial charge is 0.907 e. The van der Waals surface area contributed by atoms with Gasteiger partial charge in [-0.15, -0.1) is 0 Å². The summed E-state index contributed by atoms with van der Waals surface area (Å²) in [6, 6.07) is 0. The Bertz CT molecular complexity index is 83.6. The van der Waals surface area contributed by atoms with E-state index in [0.717, 1.165) is 0 Å². The molecule has 0 atom stereocenters. The summed E-state index contributed by atoms with van der Waals surface area (Å²) in [7, 11) is -11.7. The molecule has 28 heavy (non-hydrogen) atoms. The predicted molar refractivity (Wildman–Crippen MR) is 94.8 cm³/mol. The van der Waals surface area contributed by atoms with E-state index in [9.17, 15) is 0 Å². The van der Waals surface area contributed by atoms with E-state index < -0.39 is 29.3 Å². The van der Waals surface area contributed by atoms with Crippen LogP contribution in [-0.4, -0.2) is 29.3 Å². The molecule has 0 saturated heterocycles. The van der Waals surface area contributed by atoms with Crippen LogP contribution in [0.3, 0.4) is 0 Å². The molecule has 0 fully saturated rings. The first-order chi connectivity index (χ1) is 6.93. The fraction of sp³-hybridized carbons (Fsp3) is 0. The fourth-order valence-electron chi connectivity index (χ4n) is 0. The van der Waals surface area contributed by atoms with Gasteiger partial charge in [-0.3, -0.25) is 29.3 Å². The van der Waals surface area contributed by atoms with Crippen LogP contribution in [0.5, 0.6) is 0 Å². The van der Waals surface area contributed by atoms with Crippen molar-refractivity contribution in [1.82, 2.24) is 73.8 Å². The van der Waals surface area contributed by atoms with Gasteiger partial charge in [0.1, 0.15) is 0 Å². The monoisotopic (exact) mass is 452 g/mol. The van der Waals surface area contributed by atoms with Crippen molar-refractivity contribution in [3.8, 4) is 0 Å². The average molecular weight is 452 g/mol. The molecule has 0 aromatic rings. The molecule has 0 radical (unpaired) electrons. The highest BCUT2D eigenvalue weighted by molar-refractivity contribution is 6.24. The van der Waals surface area contributed by atoms with Gasteiger partial charge >= 0.3 is 0 Å². The van der Waals surface area contributed by atoms with E-state index in [4.69, 9.17) is 60.3 Å². The predicted octanol–water partition coefficient (Wildman–Crippen LogP) is -11.3. The quantitative estimate of drug-likeness (QED) is 0.152. The highest BCUT2D eigenvalue weighted by Crippen LogP contribution is 1.00.